The molecular formula is C10H21NO4S. The number of piperidine rings is 1. The molecule has 2 atom stereocenters. The van der Waals surface area contributed by atoms with Crippen LogP contribution in [0.15, 0.2) is 0 Å². The fourth-order valence-corrected chi connectivity index (χ4v) is 3.11. The van der Waals surface area contributed by atoms with E-state index in [1.54, 1.807) is 7.11 Å². The SMILES string of the molecule is COCC(O)CC1CCCN(S(C)(=O)=O)C1. The zero-order valence-corrected chi connectivity index (χ0v) is 10.7. The molecule has 2 unspecified atom stereocenters. The fraction of sp³-hybridized carbons (Fsp3) is 1.00. The molecule has 1 rings (SSSR count). The van der Waals surface area contributed by atoms with Gasteiger partial charge in [0.1, 0.15) is 0 Å². The van der Waals surface area contributed by atoms with Crippen LogP contribution in [-0.2, 0) is 14.8 Å². The molecule has 96 valence electrons. The summed E-state index contributed by atoms with van der Waals surface area (Å²) >= 11 is 0. The molecule has 1 aliphatic rings. The number of sulfonamides is 1. The Balaban J connectivity index is 2.45. The highest BCUT2D eigenvalue weighted by atomic mass is 32.2. The molecule has 0 radical (unpaired) electrons. The van der Waals surface area contributed by atoms with Gasteiger partial charge in [0.25, 0.3) is 0 Å². The molecule has 0 bridgehead atoms. The van der Waals surface area contributed by atoms with Crippen LogP contribution < -0.4 is 0 Å². The first-order valence-corrected chi connectivity index (χ1v) is 7.40. The van der Waals surface area contributed by atoms with Crippen molar-refractivity contribution in [2.24, 2.45) is 5.92 Å². The summed E-state index contributed by atoms with van der Waals surface area (Å²) in [5.41, 5.74) is 0. The quantitative estimate of drug-likeness (QED) is 0.750. The largest absolute Gasteiger partial charge is 0.391 e. The van der Waals surface area contributed by atoms with E-state index >= 15 is 0 Å². The van der Waals surface area contributed by atoms with Crippen LogP contribution >= 0.6 is 0 Å². The molecule has 1 fully saturated rings. The van der Waals surface area contributed by atoms with E-state index in [9.17, 15) is 13.5 Å². The monoisotopic (exact) mass is 251 g/mol. The van der Waals surface area contributed by atoms with Crippen LogP contribution in [0.5, 0.6) is 0 Å². The zero-order chi connectivity index (χ0) is 12.2. The summed E-state index contributed by atoms with van der Waals surface area (Å²) in [5.74, 6) is 0.244. The highest BCUT2D eigenvalue weighted by molar-refractivity contribution is 7.88. The van der Waals surface area contributed by atoms with Gasteiger partial charge in [-0.1, -0.05) is 0 Å². The maximum absolute atomic E-state index is 11.4. The van der Waals surface area contributed by atoms with Gasteiger partial charge in [0.15, 0.2) is 0 Å². The van der Waals surface area contributed by atoms with Gasteiger partial charge in [0.05, 0.1) is 19.0 Å². The number of ether oxygens (including phenoxy) is 1. The van der Waals surface area contributed by atoms with E-state index in [0.29, 0.717) is 26.1 Å². The number of aliphatic hydroxyl groups excluding tert-OH is 1. The summed E-state index contributed by atoms with van der Waals surface area (Å²) in [6.07, 6.45) is 3.21. The Bertz CT molecular complexity index is 304. The van der Waals surface area contributed by atoms with E-state index in [2.05, 4.69) is 0 Å². The van der Waals surface area contributed by atoms with E-state index in [-0.39, 0.29) is 5.92 Å². The van der Waals surface area contributed by atoms with Gasteiger partial charge < -0.3 is 9.84 Å². The molecule has 0 spiro atoms. The molecule has 6 heteroatoms. The molecule has 0 aromatic heterocycles. The van der Waals surface area contributed by atoms with Gasteiger partial charge in [-0.05, 0) is 25.2 Å². The second-order valence-electron chi connectivity index (χ2n) is 4.47. The van der Waals surface area contributed by atoms with Gasteiger partial charge in [0.2, 0.25) is 10.0 Å². The highest BCUT2D eigenvalue weighted by Gasteiger charge is 2.27. The molecule has 0 aromatic rings. The summed E-state index contributed by atoms with van der Waals surface area (Å²) < 4.78 is 29.1. The first-order valence-electron chi connectivity index (χ1n) is 5.55. The second-order valence-corrected chi connectivity index (χ2v) is 6.46. The molecular weight excluding hydrogens is 230 g/mol. The van der Waals surface area contributed by atoms with Crippen molar-refractivity contribution in [1.82, 2.24) is 4.31 Å². The van der Waals surface area contributed by atoms with Crippen molar-refractivity contribution in [2.75, 3.05) is 33.1 Å². The fourth-order valence-electron chi connectivity index (χ4n) is 2.17. The van der Waals surface area contributed by atoms with Crippen molar-refractivity contribution in [1.29, 1.82) is 0 Å². The third-order valence-electron chi connectivity index (χ3n) is 2.92. The Morgan fingerprint density at radius 2 is 2.25 bits per heavy atom. The normalized spacial score (nSPS) is 25.6. The Hall–Kier alpha value is -0.170. The minimum Gasteiger partial charge on any atom is -0.391 e. The number of methoxy groups -OCH3 is 1. The van der Waals surface area contributed by atoms with Crippen molar-refractivity contribution < 1.29 is 18.3 Å². The van der Waals surface area contributed by atoms with E-state index in [1.807, 2.05) is 0 Å². The van der Waals surface area contributed by atoms with Crippen molar-refractivity contribution >= 4 is 10.0 Å². The number of rotatable bonds is 5. The van der Waals surface area contributed by atoms with E-state index < -0.39 is 16.1 Å². The molecule has 16 heavy (non-hydrogen) atoms. The minimum atomic E-state index is -3.09. The van der Waals surface area contributed by atoms with Crippen molar-refractivity contribution in [3.8, 4) is 0 Å². The van der Waals surface area contributed by atoms with Crippen LogP contribution in [0.1, 0.15) is 19.3 Å². The summed E-state index contributed by atoms with van der Waals surface area (Å²) in [5, 5.41) is 9.60. The first kappa shape index (κ1) is 13.9. The van der Waals surface area contributed by atoms with Gasteiger partial charge in [0, 0.05) is 20.2 Å². The zero-order valence-electron chi connectivity index (χ0n) is 9.92. The van der Waals surface area contributed by atoms with E-state index in [0.717, 1.165) is 12.8 Å². The first-order chi connectivity index (χ1) is 7.43. The Labute approximate surface area is 97.4 Å². The molecule has 1 N–H and O–H groups in total. The lowest BCUT2D eigenvalue weighted by molar-refractivity contribution is 0.0419. The molecule has 5 nitrogen and oxygen atoms in total. The standard InChI is InChI=1S/C10H21NO4S/c1-15-8-10(12)6-9-4-3-5-11(7-9)16(2,13)14/h9-10,12H,3-8H2,1-2H3. The summed E-state index contributed by atoms with van der Waals surface area (Å²) in [6, 6.07) is 0. The van der Waals surface area contributed by atoms with Gasteiger partial charge in [-0.25, -0.2) is 12.7 Å². The number of aliphatic hydroxyl groups is 1. The Kier molecular flexibility index (Phi) is 5.17. The van der Waals surface area contributed by atoms with Crippen molar-refractivity contribution in [3.05, 3.63) is 0 Å². The average Bonchev–Trinajstić information content (AvgIpc) is 2.17. The number of nitrogens with zero attached hydrogens (tertiary/aromatic N) is 1. The van der Waals surface area contributed by atoms with Crippen molar-refractivity contribution in [2.45, 2.75) is 25.4 Å². The van der Waals surface area contributed by atoms with Crippen molar-refractivity contribution in [3.63, 3.8) is 0 Å². The molecule has 0 aliphatic carbocycles. The molecule has 0 amide bonds. The molecule has 0 aromatic carbocycles. The lowest BCUT2D eigenvalue weighted by atomic mass is 9.94. The van der Waals surface area contributed by atoms with Crippen LogP contribution in [0.2, 0.25) is 0 Å². The molecule has 1 saturated heterocycles. The maximum atomic E-state index is 11.4. The number of hydrogen-bond acceptors (Lipinski definition) is 4. The van der Waals surface area contributed by atoms with Crippen LogP contribution in [0.4, 0.5) is 0 Å². The van der Waals surface area contributed by atoms with Gasteiger partial charge in [-0.3, -0.25) is 0 Å². The van der Waals surface area contributed by atoms with Gasteiger partial charge >= 0.3 is 0 Å². The second kappa shape index (κ2) is 5.95. The minimum absolute atomic E-state index is 0.244. The predicted octanol–water partition coefficient (Wildman–Crippen LogP) is 0.0554. The third kappa shape index (κ3) is 4.37. The van der Waals surface area contributed by atoms with E-state index in [1.165, 1.54) is 10.6 Å². The lowest BCUT2D eigenvalue weighted by Gasteiger charge is -2.31. The topological polar surface area (TPSA) is 66.8 Å². The Morgan fingerprint density at radius 1 is 1.56 bits per heavy atom. The smallest absolute Gasteiger partial charge is 0.211 e. The summed E-state index contributed by atoms with van der Waals surface area (Å²) in [4.78, 5) is 0. The van der Waals surface area contributed by atoms with Gasteiger partial charge in [-0.15, -0.1) is 0 Å². The highest BCUT2D eigenvalue weighted by Crippen LogP contribution is 2.22. The van der Waals surface area contributed by atoms with Crippen LogP contribution in [0.25, 0.3) is 0 Å². The third-order valence-corrected chi connectivity index (χ3v) is 4.18. The maximum Gasteiger partial charge on any atom is 0.211 e. The molecule has 1 aliphatic heterocycles. The van der Waals surface area contributed by atoms with E-state index in [4.69, 9.17) is 4.74 Å². The predicted molar refractivity (Wildman–Crippen MR) is 61.6 cm³/mol. The molecule has 0 saturated carbocycles. The van der Waals surface area contributed by atoms with Crippen LogP contribution in [0, 0.1) is 5.92 Å². The van der Waals surface area contributed by atoms with Crippen LogP contribution in [-0.4, -0.2) is 57.0 Å². The molecule has 1 heterocycles. The van der Waals surface area contributed by atoms with Gasteiger partial charge in [-0.2, -0.15) is 0 Å². The lowest BCUT2D eigenvalue weighted by Crippen LogP contribution is -2.40. The summed E-state index contributed by atoms with van der Waals surface area (Å²) in [7, 11) is -1.54. The Morgan fingerprint density at radius 3 is 2.81 bits per heavy atom. The van der Waals surface area contributed by atoms with Crippen LogP contribution in [0.3, 0.4) is 0 Å². The average molecular weight is 251 g/mol. The summed E-state index contributed by atoms with van der Waals surface area (Å²) in [6.45, 7) is 1.45. The number of hydrogen-bond donors (Lipinski definition) is 1.